The van der Waals surface area contributed by atoms with Gasteiger partial charge in [0.15, 0.2) is 0 Å². The molecule has 0 saturated heterocycles. The van der Waals surface area contributed by atoms with Crippen molar-refractivity contribution in [2.24, 2.45) is 0 Å². The number of carbonyl (C=O) groups is 1. The smallest absolute Gasteiger partial charge is 0.326 e. The number of benzene rings is 1. The molecule has 1 aromatic carbocycles. The molecule has 10 heteroatoms. The summed E-state index contributed by atoms with van der Waals surface area (Å²) in [6.07, 6.45) is -3.28. The van der Waals surface area contributed by atoms with Crippen LogP contribution < -0.4 is 0 Å². The topological polar surface area (TPSA) is 81.3 Å². The molecule has 150 valence electrons. The lowest BCUT2D eigenvalue weighted by atomic mass is 10.1. The predicted octanol–water partition coefficient (Wildman–Crippen LogP) is 3.65. The summed E-state index contributed by atoms with van der Waals surface area (Å²) in [5, 5.41) is 15.2. The fraction of sp³-hybridized carbons (Fsp3) is 0.333. The molecule has 0 N–H and O–H groups in total. The molecule has 1 amide bonds. The number of nitro groups is 1. The largest absolute Gasteiger partial charge is 0.406 e. The third-order valence-corrected chi connectivity index (χ3v) is 4.07. The third-order valence-electron chi connectivity index (χ3n) is 4.07. The van der Waals surface area contributed by atoms with Gasteiger partial charge in [0.2, 0.25) is 0 Å². The minimum atomic E-state index is -4.51. The van der Waals surface area contributed by atoms with Gasteiger partial charge >= 0.3 is 11.9 Å². The summed E-state index contributed by atoms with van der Waals surface area (Å²) in [5.74, 6) is -0.759. The van der Waals surface area contributed by atoms with Gasteiger partial charge in [0.25, 0.3) is 5.91 Å². The molecule has 7 nitrogen and oxygen atoms in total. The highest BCUT2D eigenvalue weighted by atomic mass is 19.4. The molecule has 1 aromatic heterocycles. The molecule has 0 spiro atoms. The normalized spacial score (nSPS) is 11.3. The lowest BCUT2D eigenvalue weighted by Crippen LogP contribution is -2.39. The van der Waals surface area contributed by atoms with Crippen LogP contribution in [0.2, 0.25) is 0 Å². The van der Waals surface area contributed by atoms with Crippen LogP contribution in [0, 0.1) is 24.0 Å². The van der Waals surface area contributed by atoms with Crippen LogP contribution in [0.1, 0.15) is 27.3 Å². The molecule has 0 unspecified atom stereocenters. The van der Waals surface area contributed by atoms with Crippen molar-refractivity contribution in [2.45, 2.75) is 26.6 Å². The first-order chi connectivity index (χ1) is 13.0. The average Bonchev–Trinajstić information content (AvgIpc) is 2.87. The highest BCUT2D eigenvalue weighted by Crippen LogP contribution is 2.23. The molecule has 28 heavy (non-hydrogen) atoms. The van der Waals surface area contributed by atoms with Crippen LogP contribution in [-0.4, -0.2) is 44.8 Å². The van der Waals surface area contributed by atoms with E-state index < -0.39 is 23.6 Å². The van der Waals surface area contributed by atoms with E-state index in [2.05, 4.69) is 11.7 Å². The molecule has 2 aromatic rings. The number of carbonyl (C=O) groups excluding carboxylic acids is 1. The number of nitrogens with zero attached hydrogens (tertiary/aromatic N) is 4. The molecule has 0 bridgehead atoms. The summed E-state index contributed by atoms with van der Waals surface area (Å²) >= 11 is 0. The second kappa shape index (κ2) is 8.24. The first-order valence-corrected chi connectivity index (χ1v) is 8.27. The Kier molecular flexibility index (Phi) is 6.22. The van der Waals surface area contributed by atoms with Gasteiger partial charge in [-0.1, -0.05) is 18.2 Å². The molecule has 0 saturated carbocycles. The molecule has 2 rings (SSSR count). The van der Waals surface area contributed by atoms with Gasteiger partial charge in [-0.3, -0.25) is 19.6 Å². The maximum absolute atomic E-state index is 12.7. The number of halogens is 3. The maximum atomic E-state index is 12.7. The zero-order valence-electron chi connectivity index (χ0n) is 15.4. The average molecular weight is 396 g/mol. The highest BCUT2D eigenvalue weighted by Gasteiger charge is 2.32. The molecule has 0 radical (unpaired) electrons. The van der Waals surface area contributed by atoms with Crippen LogP contribution in [0.5, 0.6) is 0 Å². The summed E-state index contributed by atoms with van der Waals surface area (Å²) in [7, 11) is 0. The van der Waals surface area contributed by atoms with Crippen LogP contribution >= 0.6 is 0 Å². The Balaban J connectivity index is 2.19. The van der Waals surface area contributed by atoms with Crippen molar-refractivity contribution in [3.63, 3.8) is 0 Å². The van der Waals surface area contributed by atoms with Crippen LogP contribution in [0.3, 0.4) is 0 Å². The molecule has 0 atom stereocenters. The SMILES string of the molecule is C=CCN(CC(F)(F)F)C(=O)c1ccc(Cn2nc(C)c([N+](=O)[O-])c2C)cc1. The number of hydrogen-bond acceptors (Lipinski definition) is 4. The van der Waals surface area contributed by atoms with Crippen molar-refractivity contribution in [1.82, 2.24) is 14.7 Å². The Hall–Kier alpha value is -3.17. The van der Waals surface area contributed by atoms with Gasteiger partial charge in [-0.2, -0.15) is 18.3 Å². The van der Waals surface area contributed by atoms with E-state index >= 15 is 0 Å². The van der Waals surface area contributed by atoms with Gasteiger partial charge in [-0.25, -0.2) is 0 Å². The van der Waals surface area contributed by atoms with Gasteiger partial charge in [0, 0.05) is 12.1 Å². The van der Waals surface area contributed by atoms with E-state index in [1.807, 2.05) is 0 Å². The van der Waals surface area contributed by atoms with Gasteiger partial charge < -0.3 is 4.90 Å². The quantitative estimate of drug-likeness (QED) is 0.406. The minimum absolute atomic E-state index is 0.0565. The first-order valence-electron chi connectivity index (χ1n) is 8.27. The highest BCUT2D eigenvalue weighted by molar-refractivity contribution is 5.94. The molecular formula is C18H19F3N4O3. The van der Waals surface area contributed by atoms with Gasteiger partial charge in [-0.15, -0.1) is 6.58 Å². The number of aryl methyl sites for hydroxylation is 1. The van der Waals surface area contributed by atoms with Gasteiger partial charge in [0.1, 0.15) is 17.9 Å². The minimum Gasteiger partial charge on any atom is -0.326 e. The van der Waals surface area contributed by atoms with E-state index in [-0.39, 0.29) is 24.3 Å². The monoisotopic (exact) mass is 396 g/mol. The Morgan fingerprint density at radius 2 is 1.93 bits per heavy atom. The Morgan fingerprint density at radius 3 is 2.39 bits per heavy atom. The number of rotatable bonds is 7. The van der Waals surface area contributed by atoms with Crippen LogP contribution in [0.25, 0.3) is 0 Å². The first kappa shape index (κ1) is 21.1. The summed E-state index contributed by atoms with van der Waals surface area (Å²) in [5.41, 5.74) is 1.43. The van der Waals surface area contributed by atoms with Crippen molar-refractivity contribution < 1.29 is 22.9 Å². The predicted molar refractivity (Wildman–Crippen MR) is 96.1 cm³/mol. The third kappa shape index (κ3) is 4.96. The van der Waals surface area contributed by atoms with Gasteiger partial charge in [-0.05, 0) is 31.5 Å². The second-order valence-electron chi connectivity index (χ2n) is 6.22. The summed E-state index contributed by atoms with van der Waals surface area (Å²) in [6, 6.07) is 6.00. The molecule has 1 heterocycles. The van der Waals surface area contributed by atoms with E-state index in [9.17, 15) is 28.1 Å². The van der Waals surface area contributed by atoms with E-state index in [4.69, 9.17) is 0 Å². The lowest BCUT2D eigenvalue weighted by Gasteiger charge is -2.22. The van der Waals surface area contributed by atoms with Crippen molar-refractivity contribution in [3.05, 3.63) is 69.5 Å². The zero-order chi connectivity index (χ0) is 21.1. The molecule has 0 aliphatic rings. The molecule has 0 fully saturated rings. The number of amides is 1. The lowest BCUT2D eigenvalue weighted by molar-refractivity contribution is -0.386. The Bertz CT molecular complexity index is 889. The molecule has 0 aliphatic carbocycles. The van der Waals surface area contributed by atoms with E-state index in [1.54, 1.807) is 19.1 Å². The second-order valence-corrected chi connectivity index (χ2v) is 6.22. The van der Waals surface area contributed by atoms with Crippen LogP contribution in [0.15, 0.2) is 36.9 Å². The fourth-order valence-corrected chi connectivity index (χ4v) is 2.81. The Morgan fingerprint density at radius 1 is 1.32 bits per heavy atom. The van der Waals surface area contributed by atoms with Crippen LogP contribution in [0.4, 0.5) is 18.9 Å². The fourth-order valence-electron chi connectivity index (χ4n) is 2.81. The van der Waals surface area contributed by atoms with E-state index in [0.29, 0.717) is 21.9 Å². The standard InChI is InChI=1S/C18H19F3N4O3/c1-4-9-23(11-18(19,20)21)17(26)15-7-5-14(6-8-15)10-24-13(3)16(25(27)28)12(2)22-24/h4-8H,1,9-11H2,2-3H3. The Labute approximate surface area is 159 Å². The van der Waals surface area contributed by atoms with Crippen molar-refractivity contribution in [3.8, 4) is 0 Å². The zero-order valence-corrected chi connectivity index (χ0v) is 15.4. The van der Waals surface area contributed by atoms with Crippen molar-refractivity contribution in [2.75, 3.05) is 13.1 Å². The maximum Gasteiger partial charge on any atom is 0.406 e. The summed E-state index contributed by atoms with van der Waals surface area (Å²) in [6.45, 7) is 5.14. The van der Waals surface area contributed by atoms with Crippen molar-refractivity contribution >= 4 is 11.6 Å². The summed E-state index contributed by atoms with van der Waals surface area (Å²) in [4.78, 5) is 23.6. The van der Waals surface area contributed by atoms with Crippen molar-refractivity contribution in [1.29, 1.82) is 0 Å². The summed E-state index contributed by atoms with van der Waals surface area (Å²) < 4.78 is 39.4. The number of aromatic nitrogens is 2. The number of alkyl halides is 3. The van der Waals surface area contributed by atoms with E-state index in [1.165, 1.54) is 29.8 Å². The van der Waals surface area contributed by atoms with Crippen LogP contribution in [-0.2, 0) is 6.54 Å². The number of hydrogen-bond donors (Lipinski definition) is 0. The van der Waals surface area contributed by atoms with Gasteiger partial charge in [0.05, 0.1) is 11.5 Å². The molecular weight excluding hydrogens is 377 g/mol. The molecule has 0 aliphatic heterocycles. The van der Waals surface area contributed by atoms with E-state index in [0.717, 1.165) is 0 Å².